The number of rotatable bonds is 4. The number of nitrogen functional groups attached to an aromatic ring is 1. The Morgan fingerprint density at radius 2 is 1.96 bits per heavy atom. The molecule has 27 heavy (non-hydrogen) atoms. The summed E-state index contributed by atoms with van der Waals surface area (Å²) in [6.45, 7) is 0.553. The molecule has 0 atom stereocenters. The van der Waals surface area contributed by atoms with Crippen molar-refractivity contribution < 1.29 is 17.9 Å². The number of hydrogen-bond acceptors (Lipinski definition) is 5. The summed E-state index contributed by atoms with van der Waals surface area (Å²) >= 11 is 0. The third kappa shape index (κ3) is 3.38. The topological polar surface area (TPSA) is 92.9 Å². The van der Waals surface area contributed by atoms with Gasteiger partial charge in [-0.05, 0) is 48.7 Å². The Hall–Kier alpha value is -2.58. The molecule has 0 saturated carbocycles. The van der Waals surface area contributed by atoms with E-state index in [1.54, 1.807) is 11.0 Å². The fourth-order valence-corrected chi connectivity index (χ4v) is 4.30. The Morgan fingerprint density at radius 1 is 1.22 bits per heavy atom. The highest BCUT2D eigenvalue weighted by molar-refractivity contribution is 7.89. The third-order valence-corrected chi connectivity index (χ3v) is 6.54. The van der Waals surface area contributed by atoms with Crippen molar-refractivity contribution >= 4 is 27.3 Å². The van der Waals surface area contributed by atoms with Gasteiger partial charge in [0, 0.05) is 37.6 Å². The molecule has 8 heteroatoms. The van der Waals surface area contributed by atoms with Crippen LogP contribution in [0.2, 0.25) is 0 Å². The number of methoxy groups -OCH3 is 1. The van der Waals surface area contributed by atoms with Crippen LogP contribution in [0.3, 0.4) is 0 Å². The maximum Gasteiger partial charge on any atom is 0.258 e. The minimum Gasteiger partial charge on any atom is -0.495 e. The quantitative estimate of drug-likeness (QED) is 0.809. The zero-order valence-corrected chi connectivity index (χ0v) is 16.4. The molecule has 7 nitrogen and oxygen atoms in total. The molecule has 3 rings (SSSR count). The summed E-state index contributed by atoms with van der Waals surface area (Å²) in [6, 6.07) is 9.96. The maximum absolute atomic E-state index is 13.2. The van der Waals surface area contributed by atoms with Crippen molar-refractivity contribution in [3.8, 4) is 5.75 Å². The lowest BCUT2D eigenvalue weighted by Crippen LogP contribution is -2.36. The number of carbonyl (C=O) groups excluding carboxylic acids is 1. The smallest absolute Gasteiger partial charge is 0.258 e. The molecular formula is C19H23N3O4S. The average molecular weight is 389 g/mol. The van der Waals surface area contributed by atoms with Gasteiger partial charge in [-0.2, -0.15) is 0 Å². The van der Waals surface area contributed by atoms with Gasteiger partial charge in [0.25, 0.3) is 5.91 Å². The van der Waals surface area contributed by atoms with E-state index in [1.165, 1.54) is 33.3 Å². The monoisotopic (exact) mass is 389 g/mol. The number of sulfonamides is 1. The molecule has 1 heterocycles. The molecule has 0 aliphatic carbocycles. The number of nitrogens with zero attached hydrogens (tertiary/aromatic N) is 2. The largest absolute Gasteiger partial charge is 0.495 e. The Balaban J connectivity index is 2.06. The highest BCUT2D eigenvalue weighted by Gasteiger charge is 2.28. The molecule has 0 unspecified atom stereocenters. The van der Waals surface area contributed by atoms with Gasteiger partial charge in [0.1, 0.15) is 10.6 Å². The summed E-state index contributed by atoms with van der Waals surface area (Å²) < 4.78 is 31.5. The molecule has 0 saturated heterocycles. The first-order valence-corrected chi connectivity index (χ1v) is 10.0. The lowest BCUT2D eigenvalue weighted by Gasteiger charge is -2.30. The summed E-state index contributed by atoms with van der Waals surface area (Å²) in [5.74, 6) is -0.0667. The lowest BCUT2D eigenvalue weighted by molar-refractivity contribution is 0.0985. The predicted molar refractivity (Wildman–Crippen MR) is 105 cm³/mol. The summed E-state index contributed by atoms with van der Waals surface area (Å²) in [7, 11) is 0.517. The molecule has 2 aromatic rings. The van der Waals surface area contributed by atoms with Crippen LogP contribution in [0.1, 0.15) is 22.3 Å². The van der Waals surface area contributed by atoms with Crippen molar-refractivity contribution in [3.63, 3.8) is 0 Å². The minimum atomic E-state index is -3.76. The van der Waals surface area contributed by atoms with Crippen LogP contribution in [0, 0.1) is 0 Å². The second-order valence-corrected chi connectivity index (χ2v) is 8.68. The fourth-order valence-electron chi connectivity index (χ4n) is 3.23. The number of benzene rings is 2. The van der Waals surface area contributed by atoms with Gasteiger partial charge in [0.15, 0.2) is 0 Å². The van der Waals surface area contributed by atoms with Gasteiger partial charge in [0.05, 0.1) is 7.11 Å². The molecule has 0 aromatic heterocycles. The normalized spacial score (nSPS) is 14.1. The van der Waals surface area contributed by atoms with Gasteiger partial charge < -0.3 is 15.4 Å². The van der Waals surface area contributed by atoms with Crippen LogP contribution in [0.25, 0.3) is 0 Å². The van der Waals surface area contributed by atoms with Gasteiger partial charge in [-0.25, -0.2) is 12.7 Å². The van der Waals surface area contributed by atoms with Gasteiger partial charge in [-0.15, -0.1) is 0 Å². The predicted octanol–water partition coefficient (Wildman–Crippen LogP) is 2.12. The number of ether oxygens (including phenoxy) is 1. The third-order valence-electron chi connectivity index (χ3n) is 4.70. The first-order chi connectivity index (χ1) is 12.8. The van der Waals surface area contributed by atoms with Crippen LogP contribution in [-0.2, 0) is 16.4 Å². The van der Waals surface area contributed by atoms with E-state index in [0.717, 1.165) is 28.4 Å². The van der Waals surface area contributed by atoms with Crippen molar-refractivity contribution in [3.05, 3.63) is 47.5 Å². The van der Waals surface area contributed by atoms with Gasteiger partial charge in [0.2, 0.25) is 10.0 Å². The molecule has 1 aliphatic rings. The Morgan fingerprint density at radius 3 is 2.63 bits per heavy atom. The van der Waals surface area contributed by atoms with E-state index >= 15 is 0 Å². The molecular weight excluding hydrogens is 366 g/mol. The molecule has 2 aromatic carbocycles. The summed E-state index contributed by atoms with van der Waals surface area (Å²) in [6.07, 6.45) is 1.61. The van der Waals surface area contributed by atoms with E-state index in [-0.39, 0.29) is 22.1 Å². The van der Waals surface area contributed by atoms with E-state index in [2.05, 4.69) is 0 Å². The number of nitrogens with two attached hydrogens (primary N) is 1. The highest BCUT2D eigenvalue weighted by Crippen LogP contribution is 2.33. The molecule has 0 fully saturated rings. The Bertz CT molecular complexity index is 986. The average Bonchev–Trinajstić information content (AvgIpc) is 2.66. The zero-order valence-electron chi connectivity index (χ0n) is 15.6. The van der Waals surface area contributed by atoms with Crippen LogP contribution in [0.15, 0.2) is 41.3 Å². The van der Waals surface area contributed by atoms with Crippen LogP contribution >= 0.6 is 0 Å². The minimum absolute atomic E-state index is 0.0364. The first-order valence-electron chi connectivity index (χ1n) is 8.57. The molecule has 0 bridgehead atoms. The van der Waals surface area contributed by atoms with E-state index in [4.69, 9.17) is 10.5 Å². The number of fused-ring (bicyclic) bond motifs is 1. The lowest BCUT2D eigenvalue weighted by atomic mass is 9.99. The molecule has 0 radical (unpaired) electrons. The fraction of sp³-hybridized carbons (Fsp3) is 0.316. The van der Waals surface area contributed by atoms with Crippen molar-refractivity contribution in [2.75, 3.05) is 38.4 Å². The summed E-state index contributed by atoms with van der Waals surface area (Å²) in [4.78, 5) is 14.8. The number of anilines is 2. The van der Waals surface area contributed by atoms with Crippen LogP contribution < -0.4 is 15.4 Å². The van der Waals surface area contributed by atoms with Crippen molar-refractivity contribution in [2.24, 2.45) is 0 Å². The van der Waals surface area contributed by atoms with Crippen molar-refractivity contribution in [2.45, 2.75) is 17.7 Å². The Labute approximate surface area is 159 Å². The van der Waals surface area contributed by atoms with E-state index in [9.17, 15) is 13.2 Å². The molecule has 2 N–H and O–H groups in total. The molecule has 0 spiro atoms. The first kappa shape index (κ1) is 19.2. The maximum atomic E-state index is 13.2. The van der Waals surface area contributed by atoms with E-state index < -0.39 is 10.0 Å². The van der Waals surface area contributed by atoms with Gasteiger partial charge in [-0.1, -0.05) is 6.07 Å². The van der Waals surface area contributed by atoms with Gasteiger partial charge in [-0.3, -0.25) is 4.79 Å². The highest BCUT2D eigenvalue weighted by atomic mass is 32.2. The van der Waals surface area contributed by atoms with Crippen molar-refractivity contribution in [1.29, 1.82) is 0 Å². The number of amides is 1. The van der Waals surface area contributed by atoms with E-state index in [1.807, 2.05) is 18.2 Å². The number of carbonyl (C=O) groups is 1. The summed E-state index contributed by atoms with van der Waals surface area (Å²) in [5, 5.41) is 0. The molecule has 144 valence electrons. The standard InChI is InChI=1S/C19H23N3O4S/c1-21(2)27(24,25)18-12-13(9-10-17(18)26-3)19(23)22-11-5-6-14-15(20)7-4-8-16(14)22/h4,7-10,12H,5-6,11,20H2,1-3H3. The molecule has 1 amide bonds. The Kier molecular flexibility index (Phi) is 5.12. The zero-order chi connectivity index (χ0) is 19.8. The molecule has 1 aliphatic heterocycles. The van der Waals surface area contributed by atoms with Gasteiger partial charge >= 0.3 is 0 Å². The van der Waals surface area contributed by atoms with Crippen LogP contribution in [0.5, 0.6) is 5.75 Å². The second-order valence-electron chi connectivity index (χ2n) is 6.56. The SMILES string of the molecule is COc1ccc(C(=O)N2CCCc3c(N)cccc32)cc1S(=O)(=O)N(C)C. The van der Waals surface area contributed by atoms with Crippen LogP contribution in [0.4, 0.5) is 11.4 Å². The summed E-state index contributed by atoms with van der Waals surface area (Å²) in [5.41, 5.74) is 8.73. The number of hydrogen-bond donors (Lipinski definition) is 1. The van der Waals surface area contributed by atoms with Crippen LogP contribution in [-0.4, -0.2) is 46.4 Å². The van der Waals surface area contributed by atoms with E-state index in [0.29, 0.717) is 12.2 Å². The van der Waals surface area contributed by atoms with Crippen molar-refractivity contribution in [1.82, 2.24) is 4.31 Å². The second kappa shape index (κ2) is 7.21.